The van der Waals surface area contributed by atoms with Crippen molar-refractivity contribution in [2.45, 2.75) is 93.9 Å². The molecule has 24 rings (SSSR count). The molecule has 0 saturated heterocycles. The fourth-order valence-electron chi connectivity index (χ4n) is 22.4. The Bertz CT molecular complexity index is 7900. The first-order chi connectivity index (χ1) is 58.2. The van der Waals surface area contributed by atoms with E-state index in [1.807, 2.05) is 0 Å². The summed E-state index contributed by atoms with van der Waals surface area (Å²) < 4.78 is 5.49. The summed E-state index contributed by atoms with van der Waals surface area (Å²) in [4.78, 5) is 5.18. The van der Waals surface area contributed by atoms with Gasteiger partial charge in [0.25, 0.3) is 0 Å². The third kappa shape index (κ3) is 10.3. The summed E-state index contributed by atoms with van der Waals surface area (Å²) in [6.07, 6.45) is 0. The quantitative estimate of drug-likeness (QED) is 0.117. The Morgan fingerprint density at radius 3 is 1.19 bits per heavy atom. The van der Waals surface area contributed by atoms with Crippen LogP contribution in [0.25, 0.3) is 165 Å². The van der Waals surface area contributed by atoms with Gasteiger partial charge in [-0.3, -0.25) is 0 Å². The zero-order valence-electron chi connectivity index (χ0n) is 70.0. The lowest BCUT2D eigenvalue weighted by Gasteiger charge is -2.41. The number of hydrogen-bond donors (Lipinski definition) is 0. The third-order valence-electron chi connectivity index (χ3n) is 27.6. The van der Waals surface area contributed by atoms with E-state index in [9.17, 15) is 0 Å². The second kappa shape index (κ2) is 25.4. The Hall–Kier alpha value is -13.7. The number of benzene rings is 18. The number of nitrogens with zero attached hydrogens (tertiary/aromatic N) is 4. The molecule has 20 aromatic rings. The molecule has 4 aliphatic heterocycles. The van der Waals surface area contributed by atoms with Crippen molar-refractivity contribution in [2.24, 2.45) is 0 Å². The Kier molecular flexibility index (Phi) is 14.9. The van der Waals surface area contributed by atoms with Gasteiger partial charge in [-0.05, 0) is 350 Å². The van der Waals surface area contributed by atoms with Crippen LogP contribution in [0.4, 0.5) is 34.1 Å². The molecule has 120 heavy (non-hydrogen) atoms. The SMILES string of the molecule is Cc1cc(C)c(-c2ccc3c(c2)c2cc(-c4c(C)cc(C)c(-c5cccc(-c6ccc7c(c6)c6cc(-c8ccccc8)cc8c6n7B6c7cc9cc%10ccccc%10cc9cc7N(c7cc(C(C)(C)C)cc(C(C)(C)C)c7)c7cccc-8c76)c5)c4C)cc4c2n3B2c3cc5cc6ccccc6cc5cc3N(c3ccccc3)c3cccc-4c32)c(C)c1. The zero-order chi connectivity index (χ0) is 80.9. The first-order valence-electron chi connectivity index (χ1n) is 42.8. The molecule has 0 unspecified atom stereocenters. The lowest BCUT2D eigenvalue weighted by Crippen LogP contribution is -2.56. The average Bonchev–Trinajstić information content (AvgIpc) is 1.47. The molecule has 2 aromatic heterocycles. The highest BCUT2D eigenvalue weighted by Gasteiger charge is 2.46. The van der Waals surface area contributed by atoms with E-state index in [2.05, 4.69) is 417 Å². The molecule has 4 aliphatic rings. The summed E-state index contributed by atoms with van der Waals surface area (Å²) in [5, 5.41) is 15.0. The van der Waals surface area contributed by atoms with E-state index >= 15 is 0 Å². The predicted molar refractivity (Wildman–Crippen MR) is 517 cm³/mol. The normalized spacial score (nSPS) is 13.3. The van der Waals surface area contributed by atoms with Crippen LogP contribution in [0.15, 0.2) is 315 Å². The summed E-state index contributed by atoms with van der Waals surface area (Å²) in [5.74, 6) is 0. The van der Waals surface area contributed by atoms with Gasteiger partial charge >= 0.3 is 13.7 Å². The standard InChI is InChI=1S/C114H88B2N4/c1-65-44-66(2)106(67(3)45-65)79-41-43-101-93(53-79)97-57-85(56-95-91-37-24-38-102-109(91)115(120(101)112(95)97)98-58-80-48-72-28-19-21-30-74(72)50-82(80)60-104(98)117(102)88-34-17-14-18-35-88)108-69(5)46-68(4)107(70(108)6)78-33-23-32-76(47-78)77-40-42-100-92(52-77)96-55-84(71-26-15-13-16-27-71)54-94-90-36-25-39-103-110(90)116(119(100)111(94)96)99-59-81-49-73-29-20-22-31-75(73)51-83(81)61-105(99)118(103)89-63-86(113(7,8)9)62-87(64-89)114(10,11)12/h13-64H,1-12H3. The van der Waals surface area contributed by atoms with Crippen molar-refractivity contribution >= 4 is 156 Å². The zero-order valence-corrected chi connectivity index (χ0v) is 70.0. The van der Waals surface area contributed by atoms with Crippen LogP contribution in [0.1, 0.15) is 86.1 Å². The Morgan fingerprint density at radius 1 is 0.250 bits per heavy atom. The van der Waals surface area contributed by atoms with E-state index in [0.29, 0.717) is 0 Å². The molecule has 6 heterocycles. The van der Waals surface area contributed by atoms with Gasteiger partial charge in [-0.1, -0.05) is 235 Å². The van der Waals surface area contributed by atoms with Crippen molar-refractivity contribution in [1.82, 2.24) is 8.96 Å². The van der Waals surface area contributed by atoms with Crippen LogP contribution in [0, 0.1) is 41.5 Å². The van der Waals surface area contributed by atoms with Crippen molar-refractivity contribution in [1.29, 1.82) is 0 Å². The van der Waals surface area contributed by atoms with Crippen molar-refractivity contribution in [3.63, 3.8) is 0 Å². The lowest BCUT2D eigenvalue weighted by molar-refractivity contribution is 0.569. The highest BCUT2D eigenvalue weighted by atomic mass is 15.2. The lowest BCUT2D eigenvalue weighted by atomic mass is 9.45. The van der Waals surface area contributed by atoms with E-state index in [1.165, 1.54) is 259 Å². The molecule has 0 fully saturated rings. The van der Waals surface area contributed by atoms with E-state index in [-0.39, 0.29) is 24.5 Å². The number of rotatable bonds is 7. The minimum absolute atomic E-state index is 0.0868. The van der Waals surface area contributed by atoms with Crippen molar-refractivity contribution < 1.29 is 0 Å². The number of para-hydroxylation sites is 1. The average molecular weight is 1540 g/mol. The van der Waals surface area contributed by atoms with E-state index < -0.39 is 0 Å². The largest absolute Gasteiger partial charge is 0.375 e. The smallest absolute Gasteiger partial charge is 0.333 e. The molecule has 0 amide bonds. The number of aryl methyl sites for hydroxylation is 5. The molecule has 0 aliphatic carbocycles. The molecule has 570 valence electrons. The first kappa shape index (κ1) is 70.5. The van der Waals surface area contributed by atoms with Crippen LogP contribution < -0.4 is 31.7 Å². The van der Waals surface area contributed by atoms with E-state index in [4.69, 9.17) is 0 Å². The second-order valence-electron chi connectivity index (χ2n) is 37.1. The van der Waals surface area contributed by atoms with Crippen molar-refractivity contribution in [3.8, 4) is 77.9 Å². The fourth-order valence-corrected chi connectivity index (χ4v) is 22.4. The van der Waals surface area contributed by atoms with E-state index in [1.54, 1.807) is 0 Å². The van der Waals surface area contributed by atoms with Gasteiger partial charge in [0, 0.05) is 88.9 Å². The molecule has 6 heteroatoms. The van der Waals surface area contributed by atoms with Gasteiger partial charge in [0.2, 0.25) is 0 Å². The van der Waals surface area contributed by atoms with Crippen LogP contribution in [0.5, 0.6) is 0 Å². The maximum Gasteiger partial charge on any atom is 0.333 e. The van der Waals surface area contributed by atoms with Gasteiger partial charge in [-0.2, -0.15) is 0 Å². The van der Waals surface area contributed by atoms with Crippen LogP contribution in [0.3, 0.4) is 0 Å². The molecule has 0 saturated carbocycles. The Balaban J connectivity index is 0.695. The minimum Gasteiger partial charge on any atom is -0.375 e. The molecule has 0 radical (unpaired) electrons. The molecule has 0 N–H and O–H groups in total. The van der Waals surface area contributed by atoms with Crippen LogP contribution in [0.2, 0.25) is 0 Å². The Morgan fingerprint density at radius 2 is 0.658 bits per heavy atom. The summed E-state index contributed by atoms with van der Waals surface area (Å²) in [5.41, 5.74) is 45.0. The number of hydrogen-bond acceptors (Lipinski definition) is 2. The maximum absolute atomic E-state index is 2.75. The summed E-state index contributed by atoms with van der Waals surface area (Å²) in [6.45, 7) is 27.8. The van der Waals surface area contributed by atoms with Crippen molar-refractivity contribution in [2.75, 3.05) is 9.80 Å². The predicted octanol–water partition coefficient (Wildman–Crippen LogP) is 28.1. The molecule has 18 aromatic carbocycles. The highest BCUT2D eigenvalue weighted by molar-refractivity contribution is 6.91. The summed E-state index contributed by atoms with van der Waals surface area (Å²) in [6, 6.07) is 123. The van der Waals surface area contributed by atoms with Gasteiger partial charge < -0.3 is 18.8 Å². The van der Waals surface area contributed by atoms with Crippen LogP contribution >= 0.6 is 0 Å². The van der Waals surface area contributed by atoms with Gasteiger partial charge in [0.15, 0.2) is 0 Å². The summed E-state index contributed by atoms with van der Waals surface area (Å²) in [7, 11) is 0. The monoisotopic (exact) mass is 1530 g/mol. The van der Waals surface area contributed by atoms with Gasteiger partial charge in [-0.15, -0.1) is 0 Å². The van der Waals surface area contributed by atoms with Gasteiger partial charge in [0.1, 0.15) is 0 Å². The maximum atomic E-state index is 2.75. The number of fused-ring (bicyclic) bond motifs is 18. The second-order valence-corrected chi connectivity index (χ2v) is 37.1. The third-order valence-corrected chi connectivity index (χ3v) is 27.6. The van der Waals surface area contributed by atoms with Crippen LogP contribution in [-0.4, -0.2) is 22.7 Å². The molecule has 0 spiro atoms. The number of anilines is 6. The van der Waals surface area contributed by atoms with E-state index in [0.717, 1.165) is 5.69 Å². The Labute approximate surface area is 702 Å². The molecule has 0 atom stereocenters. The van der Waals surface area contributed by atoms with Crippen molar-refractivity contribution in [3.05, 3.63) is 360 Å². The van der Waals surface area contributed by atoms with Gasteiger partial charge in [0.05, 0.1) is 0 Å². The molecule has 0 bridgehead atoms. The minimum atomic E-state index is -0.139. The van der Waals surface area contributed by atoms with Crippen LogP contribution in [-0.2, 0) is 10.8 Å². The molecule has 4 nitrogen and oxygen atoms in total. The first-order valence-corrected chi connectivity index (χ1v) is 42.8. The highest BCUT2D eigenvalue weighted by Crippen LogP contribution is 2.53. The molecular weight excluding hydrogens is 1450 g/mol. The molecular formula is C114H88B2N4. The topological polar surface area (TPSA) is 16.3 Å². The number of aromatic nitrogens is 2. The summed E-state index contributed by atoms with van der Waals surface area (Å²) >= 11 is 0. The van der Waals surface area contributed by atoms with Gasteiger partial charge in [-0.25, -0.2) is 0 Å². The fraction of sp³-hybridized carbons (Fsp3) is 0.123.